The molecule has 0 spiro atoms. The van der Waals surface area contributed by atoms with Crippen LogP contribution < -0.4 is 10.1 Å². The van der Waals surface area contributed by atoms with E-state index in [1.165, 1.54) is 0 Å². The lowest BCUT2D eigenvalue weighted by atomic mass is 10.1. The van der Waals surface area contributed by atoms with Crippen molar-refractivity contribution >= 4 is 11.8 Å². The number of nitrogens with one attached hydrogen (secondary N) is 1. The molecule has 4 rings (SSSR count). The fraction of sp³-hybridized carbons (Fsp3) is 0.476. The summed E-state index contributed by atoms with van der Waals surface area (Å²) in [6, 6.07) is 7.57. The summed E-state index contributed by atoms with van der Waals surface area (Å²) in [4.78, 5) is 32.1. The van der Waals surface area contributed by atoms with Crippen molar-refractivity contribution in [2.24, 2.45) is 0 Å². The minimum atomic E-state index is -0.237. The molecule has 2 aliphatic rings. The molecule has 1 N–H and O–H groups in total. The van der Waals surface area contributed by atoms with E-state index < -0.39 is 0 Å². The summed E-state index contributed by atoms with van der Waals surface area (Å²) in [5.41, 5.74) is 2.36. The molecule has 7 heteroatoms. The van der Waals surface area contributed by atoms with E-state index in [0.717, 1.165) is 68.7 Å². The SMILES string of the molecule is COc1ccc(CNC(=O)c2nc(C(=O)N3CCCC3)c3n2CCCC3)cc1. The number of likely N-dealkylation sites (tertiary alicyclic amines) is 1. The van der Waals surface area contributed by atoms with Crippen LogP contribution in [0.2, 0.25) is 0 Å². The highest BCUT2D eigenvalue weighted by Gasteiger charge is 2.30. The summed E-state index contributed by atoms with van der Waals surface area (Å²) in [5, 5.41) is 2.94. The average molecular weight is 382 g/mol. The molecule has 2 aliphatic heterocycles. The Kier molecular flexibility index (Phi) is 5.32. The maximum Gasteiger partial charge on any atom is 0.287 e. The standard InChI is InChI=1S/C21H26N4O3/c1-28-16-9-7-15(8-10-16)14-22-20(26)19-23-18(17-6-2-3-13-25(17)19)21(27)24-11-4-5-12-24/h7-10H,2-6,11-14H2,1H3,(H,22,26). The van der Waals surface area contributed by atoms with Gasteiger partial charge in [0.1, 0.15) is 11.4 Å². The number of aromatic nitrogens is 2. The largest absolute Gasteiger partial charge is 0.497 e. The zero-order chi connectivity index (χ0) is 19.5. The summed E-state index contributed by atoms with van der Waals surface area (Å²) in [6.07, 6.45) is 4.90. The van der Waals surface area contributed by atoms with Crippen LogP contribution in [0.5, 0.6) is 5.75 Å². The molecule has 148 valence electrons. The molecular formula is C21H26N4O3. The molecule has 3 heterocycles. The number of imidazole rings is 1. The monoisotopic (exact) mass is 382 g/mol. The third kappa shape index (κ3) is 3.61. The van der Waals surface area contributed by atoms with E-state index in [4.69, 9.17) is 4.74 Å². The van der Waals surface area contributed by atoms with Crippen LogP contribution in [0.4, 0.5) is 0 Å². The summed E-state index contributed by atoms with van der Waals surface area (Å²) in [7, 11) is 1.62. The van der Waals surface area contributed by atoms with Crippen LogP contribution in [0.1, 0.15) is 58.0 Å². The first kappa shape index (κ1) is 18.5. The topological polar surface area (TPSA) is 76.5 Å². The molecule has 0 aliphatic carbocycles. The molecular weight excluding hydrogens is 356 g/mol. The van der Waals surface area contributed by atoms with Crippen LogP contribution in [-0.2, 0) is 19.5 Å². The number of methoxy groups -OCH3 is 1. The van der Waals surface area contributed by atoms with Gasteiger partial charge in [0.2, 0.25) is 0 Å². The molecule has 28 heavy (non-hydrogen) atoms. The Morgan fingerprint density at radius 3 is 2.50 bits per heavy atom. The van der Waals surface area contributed by atoms with Crippen molar-refractivity contribution in [1.29, 1.82) is 0 Å². The van der Waals surface area contributed by atoms with Gasteiger partial charge in [-0.05, 0) is 49.8 Å². The van der Waals surface area contributed by atoms with Crippen LogP contribution in [-0.4, -0.2) is 46.5 Å². The zero-order valence-electron chi connectivity index (χ0n) is 16.2. The molecule has 0 bridgehead atoms. The van der Waals surface area contributed by atoms with Gasteiger partial charge in [-0.2, -0.15) is 0 Å². The Bertz CT molecular complexity index is 867. The molecule has 1 aromatic carbocycles. The first-order valence-electron chi connectivity index (χ1n) is 9.97. The van der Waals surface area contributed by atoms with Gasteiger partial charge in [0, 0.05) is 26.2 Å². The minimum absolute atomic E-state index is 0.0302. The van der Waals surface area contributed by atoms with E-state index in [9.17, 15) is 9.59 Å². The quantitative estimate of drug-likeness (QED) is 0.862. The molecule has 2 aromatic rings. The third-order valence-electron chi connectivity index (χ3n) is 5.53. The van der Waals surface area contributed by atoms with Gasteiger partial charge in [-0.15, -0.1) is 0 Å². The van der Waals surface area contributed by atoms with Crippen molar-refractivity contribution in [3.63, 3.8) is 0 Å². The second kappa shape index (κ2) is 8.04. The lowest BCUT2D eigenvalue weighted by molar-refractivity contribution is 0.0786. The molecule has 1 fully saturated rings. The number of nitrogens with zero attached hydrogens (tertiary/aromatic N) is 3. The van der Waals surface area contributed by atoms with E-state index >= 15 is 0 Å². The number of rotatable bonds is 5. The fourth-order valence-electron chi connectivity index (χ4n) is 3.96. The third-order valence-corrected chi connectivity index (χ3v) is 5.53. The Hall–Kier alpha value is -2.83. The number of hydrogen-bond acceptors (Lipinski definition) is 4. The molecule has 0 radical (unpaired) electrons. The van der Waals surface area contributed by atoms with Gasteiger partial charge in [0.15, 0.2) is 5.82 Å². The van der Waals surface area contributed by atoms with Crippen LogP contribution in [0.3, 0.4) is 0 Å². The second-order valence-corrected chi connectivity index (χ2v) is 7.37. The Balaban J connectivity index is 1.52. The van der Waals surface area contributed by atoms with Crippen molar-refractivity contribution in [3.8, 4) is 5.75 Å². The molecule has 0 unspecified atom stereocenters. The number of benzene rings is 1. The van der Waals surface area contributed by atoms with Gasteiger partial charge in [0.05, 0.1) is 12.8 Å². The lowest BCUT2D eigenvalue weighted by Crippen LogP contribution is -2.29. The Morgan fingerprint density at radius 2 is 1.79 bits per heavy atom. The van der Waals surface area contributed by atoms with E-state index in [-0.39, 0.29) is 11.8 Å². The van der Waals surface area contributed by atoms with Crippen molar-refractivity contribution in [2.75, 3.05) is 20.2 Å². The lowest BCUT2D eigenvalue weighted by Gasteiger charge is -2.18. The number of fused-ring (bicyclic) bond motifs is 1. The number of amides is 2. The van der Waals surface area contributed by atoms with Crippen molar-refractivity contribution in [1.82, 2.24) is 19.8 Å². The molecule has 2 amide bonds. The predicted molar refractivity (Wildman–Crippen MR) is 104 cm³/mol. The highest BCUT2D eigenvalue weighted by atomic mass is 16.5. The second-order valence-electron chi connectivity index (χ2n) is 7.37. The van der Waals surface area contributed by atoms with Crippen molar-refractivity contribution in [3.05, 3.63) is 47.0 Å². The first-order valence-corrected chi connectivity index (χ1v) is 9.97. The number of hydrogen-bond donors (Lipinski definition) is 1. The maximum absolute atomic E-state index is 12.9. The van der Waals surface area contributed by atoms with Gasteiger partial charge in [-0.25, -0.2) is 4.98 Å². The molecule has 0 saturated carbocycles. The van der Waals surface area contributed by atoms with Gasteiger partial charge in [-0.3, -0.25) is 9.59 Å². The smallest absolute Gasteiger partial charge is 0.287 e. The summed E-state index contributed by atoms with van der Waals surface area (Å²) in [5.74, 6) is 0.866. The van der Waals surface area contributed by atoms with E-state index in [1.807, 2.05) is 33.7 Å². The summed E-state index contributed by atoms with van der Waals surface area (Å²) >= 11 is 0. The fourth-order valence-corrected chi connectivity index (χ4v) is 3.96. The highest BCUT2D eigenvalue weighted by molar-refractivity contribution is 5.97. The molecule has 0 atom stereocenters. The summed E-state index contributed by atoms with van der Waals surface area (Å²) < 4.78 is 7.10. The Labute approximate surface area is 164 Å². The van der Waals surface area contributed by atoms with Crippen LogP contribution in [0, 0.1) is 0 Å². The molecule has 1 saturated heterocycles. The van der Waals surface area contributed by atoms with Crippen LogP contribution >= 0.6 is 0 Å². The van der Waals surface area contributed by atoms with Gasteiger partial charge < -0.3 is 19.5 Å². The van der Waals surface area contributed by atoms with Gasteiger partial charge in [0.25, 0.3) is 11.8 Å². The van der Waals surface area contributed by atoms with Gasteiger partial charge in [-0.1, -0.05) is 12.1 Å². The maximum atomic E-state index is 12.9. The van der Waals surface area contributed by atoms with Crippen LogP contribution in [0.25, 0.3) is 0 Å². The number of ether oxygens (including phenoxy) is 1. The highest BCUT2D eigenvalue weighted by Crippen LogP contribution is 2.23. The normalized spacial score (nSPS) is 16.0. The number of carbonyl (C=O) groups is 2. The Morgan fingerprint density at radius 1 is 1.07 bits per heavy atom. The van der Waals surface area contributed by atoms with E-state index in [0.29, 0.717) is 18.1 Å². The summed E-state index contributed by atoms with van der Waals surface area (Å²) in [6.45, 7) is 2.70. The first-order chi connectivity index (χ1) is 13.7. The molecule has 1 aromatic heterocycles. The number of carbonyl (C=O) groups excluding carboxylic acids is 2. The predicted octanol–water partition coefficient (Wildman–Crippen LogP) is 2.39. The van der Waals surface area contributed by atoms with Crippen LogP contribution in [0.15, 0.2) is 24.3 Å². The van der Waals surface area contributed by atoms with E-state index in [2.05, 4.69) is 10.3 Å². The van der Waals surface area contributed by atoms with Crippen molar-refractivity contribution in [2.45, 2.75) is 45.2 Å². The minimum Gasteiger partial charge on any atom is -0.497 e. The average Bonchev–Trinajstić information content (AvgIpc) is 3.40. The van der Waals surface area contributed by atoms with E-state index in [1.54, 1.807) is 7.11 Å². The zero-order valence-corrected chi connectivity index (χ0v) is 16.2. The van der Waals surface area contributed by atoms with Gasteiger partial charge >= 0.3 is 0 Å². The van der Waals surface area contributed by atoms with Crippen molar-refractivity contribution < 1.29 is 14.3 Å². The molecule has 7 nitrogen and oxygen atoms in total.